The van der Waals surface area contributed by atoms with E-state index in [4.69, 9.17) is 15.2 Å². The zero-order chi connectivity index (χ0) is 15.1. The number of benzene rings is 1. The van der Waals surface area contributed by atoms with Gasteiger partial charge in [0.25, 0.3) is 0 Å². The lowest BCUT2D eigenvalue weighted by Crippen LogP contribution is -2.41. The van der Waals surface area contributed by atoms with Gasteiger partial charge in [0.15, 0.2) is 5.78 Å². The van der Waals surface area contributed by atoms with Crippen molar-refractivity contribution >= 4 is 11.5 Å². The average molecular weight is 293 g/mol. The normalized spacial score (nSPS) is 15.9. The van der Waals surface area contributed by atoms with E-state index in [1.54, 1.807) is 25.3 Å². The van der Waals surface area contributed by atoms with Crippen molar-refractivity contribution < 1.29 is 14.3 Å². The smallest absolute Gasteiger partial charge is 0.176 e. The summed E-state index contributed by atoms with van der Waals surface area (Å²) in [6, 6.07) is 5.11. The van der Waals surface area contributed by atoms with E-state index in [0.29, 0.717) is 23.5 Å². The molecule has 0 radical (unpaired) electrons. The molecule has 21 heavy (non-hydrogen) atoms. The lowest BCUT2D eigenvalue weighted by atomic mass is 10.1. The Hall–Kier alpha value is -1.63. The van der Waals surface area contributed by atoms with Gasteiger partial charge < -0.3 is 20.5 Å². The van der Waals surface area contributed by atoms with Gasteiger partial charge in [-0.2, -0.15) is 0 Å². The van der Waals surface area contributed by atoms with Crippen LogP contribution >= 0.6 is 0 Å². The molecule has 2 rings (SSSR count). The van der Waals surface area contributed by atoms with Gasteiger partial charge >= 0.3 is 0 Å². The van der Waals surface area contributed by atoms with Crippen LogP contribution in [0, 0.1) is 0 Å². The summed E-state index contributed by atoms with van der Waals surface area (Å²) in [5.41, 5.74) is 6.89. The van der Waals surface area contributed by atoms with Crippen molar-refractivity contribution in [3.8, 4) is 5.75 Å². The number of ether oxygens (including phenoxy) is 2. The van der Waals surface area contributed by atoms with Gasteiger partial charge in [-0.25, -0.2) is 0 Å². The van der Waals surface area contributed by atoms with Gasteiger partial charge in [0.1, 0.15) is 5.75 Å². The molecular formula is C15H23N3O3. The topological polar surface area (TPSA) is 76.8 Å². The third-order valence-electron chi connectivity index (χ3n) is 3.55. The summed E-state index contributed by atoms with van der Waals surface area (Å²) in [6.45, 7) is 5.55. The van der Waals surface area contributed by atoms with E-state index in [-0.39, 0.29) is 5.78 Å². The molecule has 0 atom stereocenters. The van der Waals surface area contributed by atoms with Gasteiger partial charge in [0, 0.05) is 31.7 Å². The van der Waals surface area contributed by atoms with Crippen molar-refractivity contribution in [2.45, 2.75) is 0 Å². The summed E-state index contributed by atoms with van der Waals surface area (Å²) in [6.07, 6.45) is 0. The number of morpholine rings is 1. The van der Waals surface area contributed by atoms with Gasteiger partial charge in [-0.15, -0.1) is 0 Å². The predicted molar refractivity (Wildman–Crippen MR) is 81.9 cm³/mol. The summed E-state index contributed by atoms with van der Waals surface area (Å²) < 4.78 is 10.4. The molecule has 0 saturated carbocycles. The van der Waals surface area contributed by atoms with Crippen molar-refractivity contribution in [3.05, 3.63) is 23.8 Å². The molecule has 0 unspecified atom stereocenters. The van der Waals surface area contributed by atoms with E-state index < -0.39 is 0 Å². The van der Waals surface area contributed by atoms with Gasteiger partial charge in [0.05, 0.1) is 32.6 Å². The van der Waals surface area contributed by atoms with Crippen molar-refractivity contribution in [1.82, 2.24) is 10.2 Å². The maximum absolute atomic E-state index is 12.1. The number of rotatable bonds is 7. The molecule has 1 saturated heterocycles. The Morgan fingerprint density at radius 2 is 2.19 bits per heavy atom. The van der Waals surface area contributed by atoms with E-state index in [1.165, 1.54) is 0 Å². The fourth-order valence-corrected chi connectivity index (χ4v) is 2.27. The quantitative estimate of drug-likeness (QED) is 0.430. The maximum atomic E-state index is 12.1. The summed E-state index contributed by atoms with van der Waals surface area (Å²) >= 11 is 0. The molecule has 1 aromatic rings. The van der Waals surface area contributed by atoms with Crippen LogP contribution in [0.15, 0.2) is 18.2 Å². The fourth-order valence-electron chi connectivity index (χ4n) is 2.27. The highest BCUT2D eigenvalue weighted by Crippen LogP contribution is 2.21. The number of nitrogens with one attached hydrogen (secondary N) is 1. The monoisotopic (exact) mass is 293 g/mol. The molecule has 1 fully saturated rings. The predicted octanol–water partition coefficient (Wildman–Crippen LogP) is 0.382. The number of ketones is 1. The van der Waals surface area contributed by atoms with Crippen LogP contribution in [0.4, 0.5) is 5.69 Å². The lowest BCUT2D eigenvalue weighted by Gasteiger charge is -2.26. The van der Waals surface area contributed by atoms with Crippen LogP contribution < -0.4 is 15.8 Å². The number of hydrogen-bond donors (Lipinski definition) is 2. The largest absolute Gasteiger partial charge is 0.495 e. The molecule has 1 aliphatic heterocycles. The van der Waals surface area contributed by atoms with Crippen molar-refractivity contribution in [2.24, 2.45) is 0 Å². The number of nitrogens with zero attached hydrogens (tertiary/aromatic N) is 1. The van der Waals surface area contributed by atoms with Crippen molar-refractivity contribution in [3.63, 3.8) is 0 Å². The highest BCUT2D eigenvalue weighted by Gasteiger charge is 2.11. The second kappa shape index (κ2) is 7.97. The molecule has 0 bridgehead atoms. The Labute approximate surface area is 125 Å². The molecule has 116 valence electrons. The molecule has 3 N–H and O–H groups in total. The Kier molecular flexibility index (Phi) is 5.98. The van der Waals surface area contributed by atoms with E-state index in [1.807, 2.05) is 0 Å². The number of carbonyl (C=O) groups is 1. The minimum atomic E-state index is 0.0336. The second-order valence-electron chi connectivity index (χ2n) is 5.01. The van der Waals surface area contributed by atoms with Gasteiger partial charge in [0.2, 0.25) is 0 Å². The third kappa shape index (κ3) is 4.70. The summed E-state index contributed by atoms with van der Waals surface area (Å²) in [5.74, 6) is 0.623. The number of nitrogens with two attached hydrogens (primary N) is 1. The van der Waals surface area contributed by atoms with Crippen LogP contribution in [0.2, 0.25) is 0 Å². The van der Waals surface area contributed by atoms with Crippen LogP contribution in [0.25, 0.3) is 0 Å². The summed E-state index contributed by atoms with van der Waals surface area (Å²) in [5, 5.41) is 3.17. The highest BCUT2D eigenvalue weighted by atomic mass is 16.5. The van der Waals surface area contributed by atoms with Crippen LogP contribution in [-0.4, -0.2) is 63.7 Å². The minimum Gasteiger partial charge on any atom is -0.495 e. The molecule has 1 heterocycles. The minimum absolute atomic E-state index is 0.0336. The molecule has 1 aromatic carbocycles. The molecule has 0 spiro atoms. The molecule has 0 aliphatic carbocycles. The molecule has 6 heteroatoms. The molecule has 1 aliphatic rings. The highest BCUT2D eigenvalue weighted by molar-refractivity contribution is 5.98. The zero-order valence-corrected chi connectivity index (χ0v) is 12.4. The van der Waals surface area contributed by atoms with Crippen LogP contribution in [0.1, 0.15) is 10.4 Å². The average Bonchev–Trinajstić information content (AvgIpc) is 2.52. The third-order valence-corrected chi connectivity index (χ3v) is 3.55. The molecule has 0 amide bonds. The number of Topliss-reactive ketones (excluding diaryl/α,β-unsaturated/α-hetero) is 1. The Bertz CT molecular complexity index is 473. The summed E-state index contributed by atoms with van der Waals surface area (Å²) in [4.78, 5) is 14.4. The van der Waals surface area contributed by atoms with Gasteiger partial charge in [-0.3, -0.25) is 9.69 Å². The van der Waals surface area contributed by atoms with E-state index in [0.717, 1.165) is 39.4 Å². The lowest BCUT2D eigenvalue weighted by molar-refractivity contribution is 0.0384. The fraction of sp³-hybridized carbons (Fsp3) is 0.533. The van der Waals surface area contributed by atoms with E-state index in [2.05, 4.69) is 10.2 Å². The molecular weight excluding hydrogens is 270 g/mol. The second-order valence-corrected chi connectivity index (χ2v) is 5.01. The molecule has 6 nitrogen and oxygen atoms in total. The first-order chi connectivity index (χ1) is 10.2. The van der Waals surface area contributed by atoms with Crippen LogP contribution in [-0.2, 0) is 4.74 Å². The van der Waals surface area contributed by atoms with E-state index in [9.17, 15) is 4.79 Å². The number of anilines is 1. The first-order valence-corrected chi connectivity index (χ1v) is 7.18. The first-order valence-electron chi connectivity index (χ1n) is 7.18. The SMILES string of the molecule is COc1ccc(C(=O)CNCCN2CCOCC2)cc1N. The van der Waals surface area contributed by atoms with Crippen LogP contribution in [0.5, 0.6) is 5.75 Å². The molecule has 0 aromatic heterocycles. The number of nitrogen functional groups attached to an aromatic ring is 1. The number of methoxy groups -OCH3 is 1. The zero-order valence-electron chi connectivity index (χ0n) is 12.4. The Morgan fingerprint density at radius 3 is 2.86 bits per heavy atom. The van der Waals surface area contributed by atoms with E-state index >= 15 is 0 Å². The van der Waals surface area contributed by atoms with Crippen molar-refractivity contribution in [2.75, 3.05) is 58.8 Å². The standard InChI is InChI=1S/C15H23N3O3/c1-20-15-3-2-12(10-13(15)16)14(19)11-17-4-5-18-6-8-21-9-7-18/h2-3,10,17H,4-9,11,16H2,1H3. The van der Waals surface area contributed by atoms with Gasteiger partial charge in [-0.1, -0.05) is 0 Å². The van der Waals surface area contributed by atoms with Gasteiger partial charge in [-0.05, 0) is 18.2 Å². The van der Waals surface area contributed by atoms with Crippen molar-refractivity contribution in [1.29, 1.82) is 0 Å². The maximum Gasteiger partial charge on any atom is 0.176 e. The van der Waals surface area contributed by atoms with Crippen LogP contribution in [0.3, 0.4) is 0 Å². The number of carbonyl (C=O) groups excluding carboxylic acids is 1. The Balaban J connectivity index is 1.72. The number of hydrogen-bond acceptors (Lipinski definition) is 6. The summed E-state index contributed by atoms with van der Waals surface area (Å²) in [7, 11) is 1.56. The first kappa shape index (κ1) is 15.8. The Morgan fingerprint density at radius 1 is 1.43 bits per heavy atom.